The van der Waals surface area contributed by atoms with Crippen molar-refractivity contribution in [3.63, 3.8) is 0 Å². The van der Waals surface area contributed by atoms with Crippen LogP contribution in [0.5, 0.6) is 0 Å². The zero-order valence-corrected chi connectivity index (χ0v) is 11.5. The van der Waals surface area contributed by atoms with Crippen LogP contribution >= 0.6 is 23.1 Å². The molecule has 1 nitrogen and oxygen atoms in total. The van der Waals surface area contributed by atoms with Crippen LogP contribution in [0.1, 0.15) is 32.1 Å². The number of nitrogens with two attached hydrogens (primary N) is 1. The number of thioether (sulfide) groups is 1. The maximum atomic E-state index is 6.08. The van der Waals surface area contributed by atoms with E-state index in [-0.39, 0.29) is 0 Å². The zero-order valence-electron chi connectivity index (χ0n) is 9.82. The van der Waals surface area contributed by atoms with E-state index in [1.165, 1.54) is 4.88 Å². The van der Waals surface area contributed by atoms with Gasteiger partial charge in [-0.2, -0.15) is 11.8 Å². The summed E-state index contributed by atoms with van der Waals surface area (Å²) in [5.41, 5.74) is 6.08. The average molecular weight is 243 g/mol. The van der Waals surface area contributed by atoms with Crippen LogP contribution in [0.3, 0.4) is 0 Å². The monoisotopic (exact) mass is 243 g/mol. The molecule has 0 radical (unpaired) electrons. The van der Waals surface area contributed by atoms with E-state index in [0.717, 1.165) is 18.6 Å². The van der Waals surface area contributed by atoms with Gasteiger partial charge in [-0.25, -0.2) is 0 Å². The summed E-state index contributed by atoms with van der Waals surface area (Å²) in [6.07, 6.45) is 2.23. The van der Waals surface area contributed by atoms with E-state index in [1.807, 2.05) is 23.1 Å². The van der Waals surface area contributed by atoms with Gasteiger partial charge in [0, 0.05) is 21.4 Å². The predicted molar refractivity (Wildman–Crippen MR) is 72.8 cm³/mol. The largest absolute Gasteiger partial charge is 0.327 e. The molecule has 0 spiro atoms. The van der Waals surface area contributed by atoms with Crippen LogP contribution in [0.4, 0.5) is 0 Å². The maximum Gasteiger partial charge on any atom is 0.0134 e. The van der Waals surface area contributed by atoms with Gasteiger partial charge >= 0.3 is 0 Å². The Labute approximate surface area is 101 Å². The first kappa shape index (κ1) is 13.1. The quantitative estimate of drug-likeness (QED) is 0.856. The van der Waals surface area contributed by atoms with Crippen molar-refractivity contribution >= 4 is 23.1 Å². The van der Waals surface area contributed by atoms with E-state index in [4.69, 9.17) is 5.73 Å². The third-order valence-electron chi connectivity index (χ3n) is 2.07. The molecule has 15 heavy (non-hydrogen) atoms. The summed E-state index contributed by atoms with van der Waals surface area (Å²) in [7, 11) is 0. The summed E-state index contributed by atoms with van der Waals surface area (Å²) in [5, 5.41) is 2.13. The fourth-order valence-electron chi connectivity index (χ4n) is 1.22. The summed E-state index contributed by atoms with van der Waals surface area (Å²) in [5.74, 6) is 1.06. The van der Waals surface area contributed by atoms with Crippen molar-refractivity contribution in [1.29, 1.82) is 0 Å². The summed E-state index contributed by atoms with van der Waals surface area (Å²) in [4.78, 5) is 1.45. The Morgan fingerprint density at radius 2 is 2.20 bits per heavy atom. The lowest BCUT2D eigenvalue weighted by molar-refractivity contribution is 0.673. The second-order valence-corrected chi connectivity index (χ2v) is 7.68. The van der Waals surface area contributed by atoms with E-state index in [0.29, 0.717) is 10.8 Å². The molecular weight excluding hydrogens is 222 g/mol. The van der Waals surface area contributed by atoms with E-state index in [9.17, 15) is 0 Å². The Hall–Kier alpha value is 0.01000. The van der Waals surface area contributed by atoms with Crippen LogP contribution in [-0.4, -0.2) is 16.5 Å². The van der Waals surface area contributed by atoms with Crippen LogP contribution in [0.15, 0.2) is 17.5 Å². The van der Waals surface area contributed by atoms with Gasteiger partial charge in [0.25, 0.3) is 0 Å². The van der Waals surface area contributed by atoms with Gasteiger partial charge in [-0.05, 0) is 24.3 Å². The van der Waals surface area contributed by atoms with Crippen molar-refractivity contribution in [3.8, 4) is 0 Å². The standard InChI is InChI=1S/C12H21NS2/c1-12(2,3)15-9-10(13)6-7-11-5-4-8-14-11/h4-5,8,10H,6-7,9,13H2,1-3H3. The first-order valence-corrected chi connectivity index (χ1v) is 7.26. The fourth-order valence-corrected chi connectivity index (χ4v) is 2.83. The number of rotatable bonds is 5. The minimum atomic E-state index is 0.330. The Kier molecular flexibility index (Phi) is 5.16. The van der Waals surface area contributed by atoms with Gasteiger partial charge in [-0.15, -0.1) is 11.3 Å². The second kappa shape index (κ2) is 5.92. The van der Waals surface area contributed by atoms with Crippen molar-refractivity contribution in [1.82, 2.24) is 0 Å². The molecule has 1 heterocycles. The van der Waals surface area contributed by atoms with Crippen LogP contribution in [-0.2, 0) is 6.42 Å². The summed E-state index contributed by atoms with van der Waals surface area (Å²) < 4.78 is 0.334. The number of hydrogen-bond acceptors (Lipinski definition) is 3. The number of hydrogen-bond donors (Lipinski definition) is 1. The number of aryl methyl sites for hydroxylation is 1. The lowest BCUT2D eigenvalue weighted by Gasteiger charge is -2.20. The molecule has 0 aliphatic carbocycles. The molecular formula is C12H21NS2. The molecule has 0 saturated heterocycles. The van der Waals surface area contributed by atoms with E-state index >= 15 is 0 Å². The molecule has 1 aromatic heterocycles. The molecule has 2 N–H and O–H groups in total. The summed E-state index contributed by atoms with van der Waals surface area (Å²) >= 11 is 3.78. The normalized spacial score (nSPS) is 14.1. The molecule has 1 aromatic rings. The molecule has 0 saturated carbocycles. The SMILES string of the molecule is CC(C)(C)SCC(N)CCc1cccs1. The molecule has 0 fully saturated rings. The van der Waals surface area contributed by atoms with Crippen LogP contribution in [0.25, 0.3) is 0 Å². The third-order valence-corrected chi connectivity index (χ3v) is 4.47. The van der Waals surface area contributed by atoms with E-state index in [2.05, 4.69) is 38.3 Å². The van der Waals surface area contributed by atoms with Crippen LogP contribution in [0.2, 0.25) is 0 Å². The van der Waals surface area contributed by atoms with Gasteiger partial charge in [-0.1, -0.05) is 26.8 Å². The highest BCUT2D eigenvalue weighted by Crippen LogP contribution is 2.24. The average Bonchev–Trinajstić information content (AvgIpc) is 2.62. The summed E-state index contributed by atoms with van der Waals surface area (Å²) in [6.45, 7) is 6.72. The number of thiophene rings is 1. The van der Waals surface area contributed by atoms with E-state index < -0.39 is 0 Å². The molecule has 0 bridgehead atoms. The zero-order chi connectivity index (χ0) is 11.3. The minimum Gasteiger partial charge on any atom is -0.327 e. The highest BCUT2D eigenvalue weighted by atomic mass is 32.2. The molecule has 0 aromatic carbocycles. The van der Waals surface area contributed by atoms with Crippen molar-refractivity contribution in [2.75, 3.05) is 5.75 Å². The van der Waals surface area contributed by atoms with Crippen molar-refractivity contribution in [2.24, 2.45) is 5.73 Å². The van der Waals surface area contributed by atoms with Gasteiger partial charge in [0.15, 0.2) is 0 Å². The third kappa shape index (κ3) is 6.23. The first-order valence-electron chi connectivity index (χ1n) is 5.39. The molecule has 0 amide bonds. The van der Waals surface area contributed by atoms with Crippen LogP contribution < -0.4 is 5.73 Å². The van der Waals surface area contributed by atoms with Gasteiger partial charge in [0.1, 0.15) is 0 Å². The maximum absolute atomic E-state index is 6.08. The molecule has 3 heteroatoms. The highest BCUT2D eigenvalue weighted by molar-refractivity contribution is 8.00. The van der Waals surface area contributed by atoms with Crippen molar-refractivity contribution in [2.45, 2.75) is 44.4 Å². The molecule has 1 rings (SSSR count). The van der Waals surface area contributed by atoms with Crippen molar-refractivity contribution in [3.05, 3.63) is 22.4 Å². The predicted octanol–water partition coefficient (Wildman–Crippen LogP) is 3.54. The van der Waals surface area contributed by atoms with Gasteiger partial charge < -0.3 is 5.73 Å². The lowest BCUT2D eigenvalue weighted by Crippen LogP contribution is -2.26. The van der Waals surface area contributed by atoms with E-state index in [1.54, 1.807) is 0 Å². The Morgan fingerprint density at radius 3 is 2.73 bits per heavy atom. The Balaban J connectivity index is 2.16. The second-order valence-electron chi connectivity index (χ2n) is 4.80. The molecule has 1 atom stereocenters. The lowest BCUT2D eigenvalue weighted by atomic mass is 10.2. The van der Waals surface area contributed by atoms with Crippen molar-refractivity contribution < 1.29 is 0 Å². The molecule has 1 unspecified atom stereocenters. The fraction of sp³-hybridized carbons (Fsp3) is 0.667. The Bertz CT molecular complexity index is 262. The first-order chi connectivity index (χ1) is 6.97. The smallest absolute Gasteiger partial charge is 0.0134 e. The van der Waals surface area contributed by atoms with Crippen LogP contribution in [0, 0.1) is 0 Å². The highest BCUT2D eigenvalue weighted by Gasteiger charge is 2.13. The van der Waals surface area contributed by atoms with Gasteiger partial charge in [-0.3, -0.25) is 0 Å². The Morgan fingerprint density at radius 1 is 1.47 bits per heavy atom. The van der Waals surface area contributed by atoms with Gasteiger partial charge in [0.05, 0.1) is 0 Å². The minimum absolute atomic E-state index is 0.330. The molecule has 86 valence electrons. The topological polar surface area (TPSA) is 26.0 Å². The summed E-state index contributed by atoms with van der Waals surface area (Å²) in [6, 6.07) is 4.63. The molecule has 0 aliphatic rings. The van der Waals surface area contributed by atoms with Gasteiger partial charge in [0.2, 0.25) is 0 Å². The molecule has 0 aliphatic heterocycles.